The van der Waals surface area contributed by atoms with Gasteiger partial charge >= 0.3 is 6.18 Å². The van der Waals surface area contributed by atoms with Crippen LogP contribution in [-0.4, -0.2) is 32.3 Å². The van der Waals surface area contributed by atoms with Gasteiger partial charge in [-0.25, -0.2) is 15.0 Å². The van der Waals surface area contributed by atoms with Crippen molar-refractivity contribution in [3.63, 3.8) is 0 Å². The third-order valence-electron chi connectivity index (χ3n) is 11.7. The van der Waals surface area contributed by atoms with Crippen LogP contribution in [0.25, 0.3) is 101 Å². The Kier molecular flexibility index (Phi) is 13.1. The van der Waals surface area contributed by atoms with E-state index in [0.717, 1.165) is 67.4 Å². The highest BCUT2D eigenvalue weighted by atomic mass is 35.5. The predicted molar refractivity (Wildman–Crippen MR) is 279 cm³/mol. The van der Waals surface area contributed by atoms with E-state index in [9.17, 15) is 23.4 Å². The zero-order chi connectivity index (χ0) is 50.6. The van der Waals surface area contributed by atoms with Crippen molar-refractivity contribution in [3.05, 3.63) is 211 Å². The summed E-state index contributed by atoms with van der Waals surface area (Å²) in [5.74, 6) is 2.71. The Labute approximate surface area is 420 Å². The first-order valence-electron chi connectivity index (χ1n) is 22.6. The Hall–Kier alpha value is -9.33. The number of rotatable bonds is 7. The minimum Gasteiger partial charge on any atom is -0.508 e. The molecule has 12 rings (SSSR count). The molecule has 12 aromatic rings. The second kappa shape index (κ2) is 20.2. The maximum absolute atomic E-state index is 12.7. The number of hydrogen-bond acceptors (Lipinski definition) is 10. The molecule has 10 nitrogen and oxygen atoms in total. The Bertz CT molecular complexity index is 3850. The summed E-state index contributed by atoms with van der Waals surface area (Å²) in [6.07, 6.45) is -4.33. The van der Waals surface area contributed by atoms with Crippen LogP contribution in [0.2, 0.25) is 5.02 Å². The monoisotopic (exact) mass is 992 g/mol. The van der Waals surface area contributed by atoms with Gasteiger partial charge in [-0.05, 0) is 137 Å². The quantitative estimate of drug-likeness (QED) is 0.132. The van der Waals surface area contributed by atoms with Crippen molar-refractivity contribution in [1.29, 1.82) is 0 Å². The van der Waals surface area contributed by atoms with Crippen LogP contribution in [0.3, 0.4) is 0 Å². The maximum Gasteiger partial charge on any atom is 0.416 e. The van der Waals surface area contributed by atoms with Crippen molar-refractivity contribution < 1.29 is 41.4 Å². The molecule has 4 N–H and O–H groups in total. The molecule has 14 heteroatoms. The summed E-state index contributed by atoms with van der Waals surface area (Å²) in [6, 6.07) is 58.9. The van der Waals surface area contributed by atoms with E-state index in [1.54, 1.807) is 61.7 Å². The molecule has 0 aliphatic carbocycles. The van der Waals surface area contributed by atoms with Crippen LogP contribution in [-0.2, 0) is 6.18 Å². The number of aromatic nitrogens is 3. The van der Waals surface area contributed by atoms with E-state index in [-0.39, 0.29) is 11.5 Å². The van der Waals surface area contributed by atoms with Gasteiger partial charge < -0.3 is 33.9 Å². The maximum atomic E-state index is 12.7. The first-order chi connectivity index (χ1) is 35.3. The van der Waals surface area contributed by atoms with Gasteiger partial charge in [0.1, 0.15) is 33.8 Å². The van der Waals surface area contributed by atoms with Crippen LogP contribution in [0, 0.1) is 0 Å². The molecule has 360 valence electrons. The highest BCUT2D eigenvalue weighted by Crippen LogP contribution is 2.35. The van der Waals surface area contributed by atoms with Crippen LogP contribution in [0.5, 0.6) is 17.2 Å². The summed E-state index contributed by atoms with van der Waals surface area (Å²) in [5, 5.41) is 19.8. The summed E-state index contributed by atoms with van der Waals surface area (Å²) in [4.78, 5) is 13.3. The van der Waals surface area contributed by atoms with Crippen LogP contribution < -0.4 is 10.5 Å². The smallest absolute Gasteiger partial charge is 0.416 e. The molecular weight excluding hydrogens is 953 g/mol. The van der Waals surface area contributed by atoms with Crippen molar-refractivity contribution in [1.82, 2.24) is 15.0 Å². The van der Waals surface area contributed by atoms with Crippen molar-refractivity contribution in [2.45, 2.75) is 6.18 Å². The number of para-hydroxylation sites is 1. The molecule has 3 heterocycles. The number of halogens is 4. The number of phenolic OH excluding ortho intramolecular Hbond substituents is 2. The van der Waals surface area contributed by atoms with Crippen molar-refractivity contribution in [2.75, 3.05) is 12.8 Å². The lowest BCUT2D eigenvalue weighted by Crippen LogP contribution is -2.03. The number of hydrogen-bond donors (Lipinski definition) is 3. The highest BCUT2D eigenvalue weighted by molar-refractivity contribution is 6.30. The molecule has 0 unspecified atom stereocenters. The number of benzene rings is 9. The third-order valence-corrected chi connectivity index (χ3v) is 11.9. The zero-order valence-electron chi connectivity index (χ0n) is 38.5. The lowest BCUT2D eigenvalue weighted by Gasteiger charge is -2.08. The fourth-order valence-corrected chi connectivity index (χ4v) is 8.05. The fourth-order valence-electron chi connectivity index (χ4n) is 7.93. The van der Waals surface area contributed by atoms with E-state index in [0.29, 0.717) is 62.2 Å². The number of anilines is 1. The summed E-state index contributed by atoms with van der Waals surface area (Å²) < 4.78 is 60.6. The van der Waals surface area contributed by atoms with Gasteiger partial charge in [0.25, 0.3) is 0 Å². The van der Waals surface area contributed by atoms with Crippen molar-refractivity contribution in [3.8, 4) is 85.0 Å². The van der Waals surface area contributed by atoms with E-state index in [4.69, 9.17) is 35.3 Å². The van der Waals surface area contributed by atoms with Crippen LogP contribution in [0.4, 0.5) is 18.9 Å². The van der Waals surface area contributed by atoms with Crippen LogP contribution in [0.15, 0.2) is 213 Å². The molecule has 73 heavy (non-hydrogen) atoms. The molecule has 0 aliphatic rings. The standard InChI is InChI=1S/C20H13F3N2O.C20H15NO3.C19H12ClNO2/c21-20(22,23)15-7-5-13(6-8-15)12-1-3-14(4-2-12)19-25-17-11-16(24)9-10-18(17)26-19;1-23-18-5-3-2-4-16(18)13-6-8-14(9-7-13)20-21-17-12-15(22)10-11-19(17)24-20;20-15-7-5-13(6-8-15)12-1-3-14(4-2-12)19-21-17-11-16(22)9-10-18(17)23-19/h1-11H,24H2;2-12,22H,1H3;1-11,22H. The molecular formula is C59H40ClF3N4O6. The number of fused-ring (bicyclic) bond motifs is 3. The molecule has 0 amide bonds. The molecule has 9 aromatic carbocycles. The van der Waals surface area contributed by atoms with Gasteiger partial charge in [-0.15, -0.1) is 0 Å². The first-order valence-corrected chi connectivity index (χ1v) is 22.9. The van der Waals surface area contributed by atoms with Gasteiger partial charge in [0.2, 0.25) is 17.7 Å². The summed E-state index contributed by atoms with van der Waals surface area (Å²) >= 11 is 5.92. The summed E-state index contributed by atoms with van der Waals surface area (Å²) in [6.45, 7) is 0. The van der Waals surface area contributed by atoms with Gasteiger partial charge in [0.05, 0.1) is 12.7 Å². The lowest BCUT2D eigenvalue weighted by atomic mass is 10.0. The van der Waals surface area contributed by atoms with E-state index in [2.05, 4.69) is 15.0 Å². The molecule has 3 aromatic heterocycles. The average molecular weight is 993 g/mol. The summed E-state index contributed by atoms with van der Waals surface area (Å²) in [7, 11) is 1.67. The Morgan fingerprint density at radius 2 is 0.822 bits per heavy atom. The van der Waals surface area contributed by atoms with Crippen LogP contribution in [0.1, 0.15) is 5.56 Å². The minimum absolute atomic E-state index is 0.175. The molecule has 0 fully saturated rings. The lowest BCUT2D eigenvalue weighted by molar-refractivity contribution is -0.137. The second-order valence-electron chi connectivity index (χ2n) is 16.6. The van der Waals surface area contributed by atoms with E-state index in [1.165, 1.54) is 12.1 Å². The van der Waals surface area contributed by atoms with Crippen LogP contribution >= 0.6 is 11.6 Å². The van der Waals surface area contributed by atoms with E-state index < -0.39 is 11.7 Å². The average Bonchev–Trinajstić information content (AvgIpc) is 4.16. The molecule has 0 saturated carbocycles. The van der Waals surface area contributed by atoms with E-state index in [1.807, 2.05) is 121 Å². The third kappa shape index (κ3) is 10.7. The number of nitrogens with zero attached hydrogens (tertiary/aromatic N) is 3. The molecule has 0 aliphatic heterocycles. The van der Waals surface area contributed by atoms with Crippen molar-refractivity contribution in [2.24, 2.45) is 0 Å². The first kappa shape index (κ1) is 47.4. The van der Waals surface area contributed by atoms with Gasteiger partial charge in [-0.2, -0.15) is 13.2 Å². The minimum atomic E-state index is -4.33. The SMILES string of the molecule is COc1ccccc1-c1ccc(-c2nc3cc(O)ccc3o2)cc1.Nc1ccc2oc(-c3ccc(-c4ccc(C(F)(F)F)cc4)cc3)nc2c1.Oc1ccc2oc(-c3ccc(-c4ccc(Cl)cc4)cc3)nc2c1. The number of nitrogen functional groups attached to an aromatic ring is 1. The topological polar surface area (TPSA) is 154 Å². The number of ether oxygens (including phenoxy) is 1. The number of methoxy groups -OCH3 is 1. The molecule has 0 atom stereocenters. The number of phenols is 2. The van der Waals surface area contributed by atoms with Crippen molar-refractivity contribution >= 4 is 50.6 Å². The predicted octanol–water partition coefficient (Wildman–Crippen LogP) is 16.2. The second-order valence-corrected chi connectivity index (χ2v) is 17.0. The normalized spacial score (nSPS) is 11.2. The number of alkyl halides is 3. The molecule has 0 radical (unpaired) electrons. The van der Waals surface area contributed by atoms with Gasteiger partial charge in [-0.3, -0.25) is 0 Å². The number of nitrogens with two attached hydrogens (primary N) is 1. The Morgan fingerprint density at radius 1 is 0.452 bits per heavy atom. The highest BCUT2D eigenvalue weighted by Gasteiger charge is 2.30. The molecule has 0 saturated heterocycles. The number of aromatic hydroxyl groups is 2. The van der Waals surface area contributed by atoms with Gasteiger partial charge in [0.15, 0.2) is 16.7 Å². The zero-order valence-corrected chi connectivity index (χ0v) is 39.3. The molecule has 0 spiro atoms. The number of oxazole rings is 3. The van der Waals surface area contributed by atoms with Gasteiger partial charge in [0, 0.05) is 45.1 Å². The fraction of sp³-hybridized carbons (Fsp3) is 0.0339. The van der Waals surface area contributed by atoms with Gasteiger partial charge in [-0.1, -0.05) is 90.5 Å². The Morgan fingerprint density at radius 3 is 1.26 bits per heavy atom. The van der Waals surface area contributed by atoms with E-state index >= 15 is 0 Å². The Balaban J connectivity index is 0.000000126. The molecule has 0 bridgehead atoms. The largest absolute Gasteiger partial charge is 0.508 e. The summed E-state index contributed by atoms with van der Waals surface area (Å²) in [5.41, 5.74) is 17.9.